The number of likely N-dealkylation sites (tertiary alicyclic amines) is 1. The highest BCUT2D eigenvalue weighted by Crippen LogP contribution is 2.77. The lowest BCUT2D eigenvalue weighted by Gasteiger charge is -2.37. The molecule has 1 aliphatic heterocycles. The fraction of sp³-hybridized carbons (Fsp3) is 0.938. The van der Waals surface area contributed by atoms with Crippen molar-refractivity contribution < 1.29 is 4.79 Å². The average Bonchev–Trinajstić information content (AvgIpc) is 2.71. The van der Waals surface area contributed by atoms with Crippen LogP contribution in [0.15, 0.2) is 0 Å². The quantitative estimate of drug-likeness (QED) is 0.747. The van der Waals surface area contributed by atoms with Gasteiger partial charge in [-0.15, -0.1) is 0 Å². The summed E-state index contributed by atoms with van der Waals surface area (Å²) in [7, 11) is 0. The fourth-order valence-electron chi connectivity index (χ4n) is 4.64. The van der Waals surface area contributed by atoms with Crippen molar-refractivity contribution in [1.29, 1.82) is 0 Å². The molecule has 0 radical (unpaired) electrons. The van der Waals surface area contributed by atoms with Gasteiger partial charge in [0, 0.05) is 18.5 Å². The molecule has 2 spiro atoms. The van der Waals surface area contributed by atoms with Crippen molar-refractivity contribution in [2.24, 2.45) is 10.8 Å². The second kappa shape index (κ2) is 3.59. The van der Waals surface area contributed by atoms with Gasteiger partial charge in [-0.3, -0.25) is 9.69 Å². The minimum atomic E-state index is 0.131. The molecule has 3 aliphatic rings. The highest BCUT2D eigenvalue weighted by molar-refractivity contribution is 5.84. The number of carbonyl (C=O) groups is 1. The molecular weight excluding hydrogens is 222 g/mol. The molecule has 0 N–H and O–H groups in total. The van der Waals surface area contributed by atoms with E-state index >= 15 is 0 Å². The maximum absolute atomic E-state index is 12.3. The molecule has 0 aromatic heterocycles. The van der Waals surface area contributed by atoms with Gasteiger partial charge in [-0.2, -0.15) is 0 Å². The van der Waals surface area contributed by atoms with E-state index in [-0.39, 0.29) is 11.6 Å². The lowest BCUT2D eigenvalue weighted by molar-refractivity contribution is -0.124. The molecule has 2 nitrogen and oxygen atoms in total. The summed E-state index contributed by atoms with van der Waals surface area (Å²) in [6.45, 7) is 9.97. The standard InChI is InChI=1S/C16H27NO/c1-5-13(18)12-9-16(10-15(16)7-6-8-15)11-17(12)14(2,3)4/h12H,5-11H2,1-4H3/t12-,16-/m0/s1. The molecule has 102 valence electrons. The van der Waals surface area contributed by atoms with Crippen molar-refractivity contribution in [3.8, 4) is 0 Å². The first-order chi connectivity index (χ1) is 8.34. The first kappa shape index (κ1) is 12.7. The van der Waals surface area contributed by atoms with Crippen LogP contribution in [0.3, 0.4) is 0 Å². The molecular formula is C16H27NO. The molecule has 0 aromatic carbocycles. The summed E-state index contributed by atoms with van der Waals surface area (Å²) in [5, 5.41) is 0. The highest BCUT2D eigenvalue weighted by Gasteiger charge is 2.73. The van der Waals surface area contributed by atoms with Crippen molar-refractivity contribution in [3.05, 3.63) is 0 Å². The Balaban J connectivity index is 1.83. The smallest absolute Gasteiger partial charge is 0.149 e. The maximum atomic E-state index is 12.3. The molecule has 0 aromatic rings. The van der Waals surface area contributed by atoms with Crippen LogP contribution in [0.4, 0.5) is 0 Å². The van der Waals surface area contributed by atoms with Crippen LogP contribution in [0, 0.1) is 10.8 Å². The van der Waals surface area contributed by atoms with Gasteiger partial charge in [0.2, 0.25) is 0 Å². The second-order valence-corrected chi connectivity index (χ2v) is 7.93. The Morgan fingerprint density at radius 1 is 1.28 bits per heavy atom. The van der Waals surface area contributed by atoms with Crippen molar-refractivity contribution in [2.45, 2.75) is 77.8 Å². The predicted octanol–water partition coefficient (Wildman–Crippen LogP) is 3.40. The van der Waals surface area contributed by atoms with Crippen LogP contribution in [0.2, 0.25) is 0 Å². The number of hydrogen-bond donors (Lipinski definition) is 0. The summed E-state index contributed by atoms with van der Waals surface area (Å²) in [5.41, 5.74) is 1.32. The molecule has 3 fully saturated rings. The Hall–Kier alpha value is -0.370. The Morgan fingerprint density at radius 2 is 1.94 bits per heavy atom. The van der Waals surface area contributed by atoms with Gasteiger partial charge in [0.15, 0.2) is 0 Å². The van der Waals surface area contributed by atoms with Gasteiger partial charge in [0.1, 0.15) is 5.78 Å². The first-order valence-electron chi connectivity index (χ1n) is 7.63. The van der Waals surface area contributed by atoms with E-state index in [1.165, 1.54) is 32.2 Å². The Labute approximate surface area is 111 Å². The molecule has 0 bridgehead atoms. The predicted molar refractivity (Wildman–Crippen MR) is 73.5 cm³/mol. The van der Waals surface area contributed by atoms with E-state index in [2.05, 4.69) is 25.7 Å². The van der Waals surface area contributed by atoms with Crippen LogP contribution in [0.25, 0.3) is 0 Å². The summed E-state index contributed by atoms with van der Waals surface area (Å²) in [6.07, 6.45) is 7.52. The summed E-state index contributed by atoms with van der Waals surface area (Å²) in [5.74, 6) is 0.461. The maximum Gasteiger partial charge on any atom is 0.149 e. The second-order valence-electron chi connectivity index (χ2n) is 7.93. The number of carbonyl (C=O) groups excluding carboxylic acids is 1. The number of rotatable bonds is 2. The van der Waals surface area contributed by atoms with Gasteiger partial charge in [0.25, 0.3) is 0 Å². The third kappa shape index (κ3) is 1.54. The molecule has 0 amide bonds. The van der Waals surface area contributed by atoms with Gasteiger partial charge in [-0.1, -0.05) is 13.3 Å². The van der Waals surface area contributed by atoms with E-state index in [4.69, 9.17) is 0 Å². The first-order valence-corrected chi connectivity index (χ1v) is 7.63. The van der Waals surface area contributed by atoms with E-state index in [1.54, 1.807) is 0 Å². The molecule has 2 atom stereocenters. The number of Topliss-reactive ketones (excluding diaryl/α,β-unsaturated/α-hetero) is 1. The van der Waals surface area contributed by atoms with E-state index in [1.807, 2.05) is 6.92 Å². The molecule has 2 aliphatic carbocycles. The number of hydrogen-bond acceptors (Lipinski definition) is 2. The number of nitrogens with zero attached hydrogens (tertiary/aromatic N) is 1. The Kier molecular flexibility index (Phi) is 2.53. The van der Waals surface area contributed by atoms with Gasteiger partial charge >= 0.3 is 0 Å². The average molecular weight is 249 g/mol. The van der Waals surface area contributed by atoms with E-state index in [9.17, 15) is 4.79 Å². The molecule has 2 saturated carbocycles. The van der Waals surface area contributed by atoms with Gasteiger partial charge in [0.05, 0.1) is 6.04 Å². The van der Waals surface area contributed by atoms with Crippen LogP contribution in [-0.2, 0) is 4.79 Å². The van der Waals surface area contributed by atoms with Crippen molar-refractivity contribution in [2.75, 3.05) is 6.54 Å². The largest absolute Gasteiger partial charge is 0.298 e. The van der Waals surface area contributed by atoms with Crippen LogP contribution in [0.5, 0.6) is 0 Å². The molecule has 1 heterocycles. The zero-order valence-corrected chi connectivity index (χ0v) is 12.4. The third-order valence-corrected chi connectivity index (χ3v) is 6.00. The SMILES string of the molecule is CCC(=O)[C@@H]1C[C@@]2(CN1C(C)(C)C)CC21CCC1. The van der Waals surface area contributed by atoms with Crippen molar-refractivity contribution >= 4 is 5.78 Å². The summed E-state index contributed by atoms with van der Waals surface area (Å²) in [6, 6.07) is 0.204. The normalized spacial score (nSPS) is 38.1. The van der Waals surface area contributed by atoms with Gasteiger partial charge in [-0.05, 0) is 57.3 Å². The highest BCUT2D eigenvalue weighted by atomic mass is 16.1. The van der Waals surface area contributed by atoms with E-state index < -0.39 is 0 Å². The van der Waals surface area contributed by atoms with E-state index in [0.717, 1.165) is 6.42 Å². The zero-order chi connectivity index (χ0) is 13.2. The molecule has 1 saturated heterocycles. The van der Waals surface area contributed by atoms with Crippen LogP contribution >= 0.6 is 0 Å². The van der Waals surface area contributed by atoms with Gasteiger partial charge in [-0.25, -0.2) is 0 Å². The molecule has 0 unspecified atom stereocenters. The zero-order valence-electron chi connectivity index (χ0n) is 12.4. The lowest BCUT2D eigenvalue weighted by Crippen LogP contribution is -2.47. The number of ketones is 1. The summed E-state index contributed by atoms with van der Waals surface area (Å²) < 4.78 is 0. The Morgan fingerprint density at radius 3 is 2.33 bits per heavy atom. The monoisotopic (exact) mass is 249 g/mol. The van der Waals surface area contributed by atoms with Gasteiger partial charge < -0.3 is 0 Å². The third-order valence-electron chi connectivity index (χ3n) is 6.00. The number of fused-ring (bicyclic) bond motifs is 1. The summed E-state index contributed by atoms with van der Waals surface area (Å²) >= 11 is 0. The van der Waals surface area contributed by atoms with Crippen molar-refractivity contribution in [3.63, 3.8) is 0 Å². The fourth-order valence-corrected chi connectivity index (χ4v) is 4.64. The molecule has 2 heteroatoms. The van der Waals surface area contributed by atoms with Crippen LogP contribution in [-0.4, -0.2) is 28.8 Å². The van der Waals surface area contributed by atoms with E-state index in [0.29, 0.717) is 23.0 Å². The summed E-state index contributed by atoms with van der Waals surface area (Å²) in [4.78, 5) is 14.8. The Bertz CT molecular complexity index is 377. The topological polar surface area (TPSA) is 20.3 Å². The van der Waals surface area contributed by atoms with Crippen LogP contribution in [0.1, 0.15) is 66.2 Å². The molecule has 3 rings (SSSR count). The van der Waals surface area contributed by atoms with Crippen molar-refractivity contribution in [1.82, 2.24) is 4.90 Å². The molecule has 18 heavy (non-hydrogen) atoms. The minimum Gasteiger partial charge on any atom is -0.298 e. The minimum absolute atomic E-state index is 0.131. The van der Waals surface area contributed by atoms with Crippen LogP contribution < -0.4 is 0 Å². The lowest BCUT2D eigenvalue weighted by atomic mass is 9.74.